The third kappa shape index (κ3) is 4.55. The molecule has 1 rings (SSSR count). The van der Waals surface area contributed by atoms with Crippen LogP contribution in [0.2, 0.25) is 0 Å². The average Bonchev–Trinajstić information content (AvgIpc) is 2.53. The first kappa shape index (κ1) is 14.3. The van der Waals surface area contributed by atoms with Gasteiger partial charge in [-0.05, 0) is 19.8 Å². The lowest BCUT2D eigenvalue weighted by Gasteiger charge is -2.12. The van der Waals surface area contributed by atoms with Crippen LogP contribution in [0.3, 0.4) is 0 Å². The van der Waals surface area contributed by atoms with Gasteiger partial charge in [-0.15, -0.1) is 11.8 Å². The van der Waals surface area contributed by atoms with E-state index in [-0.39, 0.29) is 11.2 Å². The molecule has 0 bridgehead atoms. The van der Waals surface area contributed by atoms with Crippen LogP contribution in [0.1, 0.15) is 26.5 Å². The van der Waals surface area contributed by atoms with Crippen molar-refractivity contribution in [1.82, 2.24) is 10.3 Å². The van der Waals surface area contributed by atoms with Crippen molar-refractivity contribution in [2.45, 2.75) is 37.2 Å². The second-order valence-electron chi connectivity index (χ2n) is 4.32. The average molecular weight is 273 g/mol. The first-order valence-electron chi connectivity index (χ1n) is 5.57. The Hall–Kier alpha value is -0.750. The number of aromatic nitrogens is 1. The van der Waals surface area contributed by atoms with Crippen LogP contribution in [0.4, 0.5) is 5.13 Å². The van der Waals surface area contributed by atoms with Gasteiger partial charge in [0.1, 0.15) is 0 Å². The van der Waals surface area contributed by atoms with Crippen LogP contribution in [-0.4, -0.2) is 22.7 Å². The monoisotopic (exact) mass is 273 g/mol. The van der Waals surface area contributed by atoms with Crippen LogP contribution in [0.15, 0.2) is 4.21 Å². The summed E-state index contributed by atoms with van der Waals surface area (Å²) in [6.07, 6.45) is 0. The third-order valence-electron chi connectivity index (χ3n) is 2.11. The van der Waals surface area contributed by atoms with Crippen molar-refractivity contribution in [1.29, 1.82) is 0 Å². The minimum Gasteiger partial charge on any atom is -0.375 e. The number of nitrogens with one attached hydrogen (secondary N) is 1. The number of thioether (sulfide) groups is 1. The van der Waals surface area contributed by atoms with E-state index in [1.165, 1.54) is 23.1 Å². The fourth-order valence-corrected chi connectivity index (χ4v) is 3.35. The van der Waals surface area contributed by atoms with Crippen molar-refractivity contribution in [2.75, 3.05) is 12.3 Å². The Labute approximate surface area is 110 Å². The Kier molecular flexibility index (Phi) is 5.27. The highest BCUT2D eigenvalue weighted by molar-refractivity contribution is 8.02. The number of thiazole rings is 1. The largest absolute Gasteiger partial charge is 0.375 e. The maximum Gasteiger partial charge on any atom is 0.233 e. The Bertz CT molecular complexity index is 390. The SMILES string of the molecule is Cc1nc(N)sc1SC(C)C(=O)NCC(C)C. The van der Waals surface area contributed by atoms with Crippen molar-refractivity contribution < 1.29 is 4.79 Å². The van der Waals surface area contributed by atoms with E-state index in [9.17, 15) is 4.79 Å². The lowest BCUT2D eigenvalue weighted by molar-refractivity contribution is -0.120. The summed E-state index contributed by atoms with van der Waals surface area (Å²) in [5, 5.41) is 3.36. The van der Waals surface area contributed by atoms with Gasteiger partial charge in [-0.2, -0.15) is 0 Å². The molecule has 1 amide bonds. The van der Waals surface area contributed by atoms with Gasteiger partial charge in [0.15, 0.2) is 5.13 Å². The molecule has 6 heteroatoms. The van der Waals surface area contributed by atoms with E-state index in [2.05, 4.69) is 24.1 Å². The molecule has 1 aromatic rings. The second-order valence-corrected chi connectivity index (χ2v) is 6.96. The number of hydrogen-bond acceptors (Lipinski definition) is 5. The summed E-state index contributed by atoms with van der Waals surface area (Å²) in [4.78, 5) is 15.9. The summed E-state index contributed by atoms with van der Waals surface area (Å²) < 4.78 is 1.02. The number of aryl methyl sites for hydroxylation is 1. The maximum absolute atomic E-state index is 11.8. The zero-order chi connectivity index (χ0) is 13.0. The Balaban J connectivity index is 2.51. The molecule has 1 atom stereocenters. The van der Waals surface area contributed by atoms with Gasteiger partial charge in [-0.25, -0.2) is 4.98 Å². The number of amides is 1. The van der Waals surface area contributed by atoms with Gasteiger partial charge in [0.2, 0.25) is 5.91 Å². The van der Waals surface area contributed by atoms with E-state index in [4.69, 9.17) is 5.73 Å². The normalized spacial score (nSPS) is 12.8. The van der Waals surface area contributed by atoms with Gasteiger partial charge < -0.3 is 11.1 Å². The summed E-state index contributed by atoms with van der Waals surface area (Å²) in [5.74, 6) is 0.534. The van der Waals surface area contributed by atoms with Gasteiger partial charge in [0.25, 0.3) is 0 Å². The van der Waals surface area contributed by atoms with Crippen molar-refractivity contribution in [2.24, 2.45) is 5.92 Å². The van der Waals surface area contributed by atoms with E-state index >= 15 is 0 Å². The molecule has 1 unspecified atom stereocenters. The number of nitrogens with two attached hydrogens (primary N) is 1. The Morgan fingerprint density at radius 1 is 1.53 bits per heavy atom. The quantitative estimate of drug-likeness (QED) is 0.808. The number of rotatable bonds is 5. The molecule has 1 heterocycles. The topological polar surface area (TPSA) is 68.0 Å². The number of anilines is 1. The van der Waals surface area contributed by atoms with Gasteiger partial charge in [-0.3, -0.25) is 4.79 Å². The van der Waals surface area contributed by atoms with Crippen LogP contribution in [0.25, 0.3) is 0 Å². The molecule has 0 aliphatic heterocycles. The zero-order valence-corrected chi connectivity index (χ0v) is 12.2. The fourth-order valence-electron chi connectivity index (χ4n) is 1.17. The van der Waals surface area contributed by atoms with Crippen LogP contribution in [-0.2, 0) is 4.79 Å². The van der Waals surface area contributed by atoms with Crippen molar-refractivity contribution in [3.63, 3.8) is 0 Å². The summed E-state index contributed by atoms with van der Waals surface area (Å²) >= 11 is 2.95. The molecule has 0 fully saturated rings. The van der Waals surface area contributed by atoms with E-state index in [0.717, 1.165) is 9.90 Å². The van der Waals surface area contributed by atoms with Crippen LogP contribution >= 0.6 is 23.1 Å². The highest BCUT2D eigenvalue weighted by Crippen LogP contribution is 2.33. The third-order valence-corrected chi connectivity index (χ3v) is 4.51. The summed E-state index contributed by atoms with van der Waals surface area (Å²) in [5.41, 5.74) is 6.53. The molecule has 17 heavy (non-hydrogen) atoms. The molecule has 96 valence electrons. The molecule has 0 spiro atoms. The highest BCUT2D eigenvalue weighted by atomic mass is 32.2. The molecule has 0 aliphatic rings. The smallest absolute Gasteiger partial charge is 0.233 e. The Morgan fingerprint density at radius 2 is 2.18 bits per heavy atom. The predicted octanol–water partition coefficient (Wildman–Crippen LogP) is 2.29. The molecular formula is C11H19N3OS2. The number of nitrogen functional groups attached to an aromatic ring is 1. The maximum atomic E-state index is 11.8. The van der Waals surface area contributed by atoms with Crippen molar-refractivity contribution >= 4 is 34.1 Å². The molecular weight excluding hydrogens is 254 g/mol. The van der Waals surface area contributed by atoms with Gasteiger partial charge in [0.05, 0.1) is 15.2 Å². The predicted molar refractivity (Wildman–Crippen MR) is 74.4 cm³/mol. The zero-order valence-electron chi connectivity index (χ0n) is 10.6. The van der Waals surface area contributed by atoms with E-state index in [0.29, 0.717) is 17.6 Å². The Morgan fingerprint density at radius 3 is 2.65 bits per heavy atom. The minimum atomic E-state index is -0.118. The van der Waals surface area contributed by atoms with E-state index in [1.807, 2.05) is 13.8 Å². The molecule has 0 aromatic carbocycles. The molecule has 1 aromatic heterocycles. The number of nitrogens with zero attached hydrogens (tertiary/aromatic N) is 1. The summed E-state index contributed by atoms with van der Waals surface area (Å²) in [6.45, 7) is 8.68. The lowest BCUT2D eigenvalue weighted by atomic mass is 10.2. The molecule has 0 aliphatic carbocycles. The van der Waals surface area contributed by atoms with Crippen LogP contribution in [0, 0.1) is 12.8 Å². The number of carbonyl (C=O) groups is 1. The van der Waals surface area contributed by atoms with Gasteiger partial charge >= 0.3 is 0 Å². The number of hydrogen-bond donors (Lipinski definition) is 2. The van der Waals surface area contributed by atoms with Crippen LogP contribution < -0.4 is 11.1 Å². The second kappa shape index (κ2) is 6.26. The van der Waals surface area contributed by atoms with E-state index < -0.39 is 0 Å². The standard InChI is InChI=1S/C11H19N3OS2/c1-6(2)5-13-9(15)8(4)16-10-7(3)14-11(12)17-10/h6,8H,5H2,1-4H3,(H2,12,14)(H,13,15). The van der Waals surface area contributed by atoms with Gasteiger partial charge in [0, 0.05) is 6.54 Å². The van der Waals surface area contributed by atoms with Crippen molar-refractivity contribution in [3.05, 3.63) is 5.69 Å². The number of carbonyl (C=O) groups excluding carboxylic acids is 1. The molecule has 0 saturated heterocycles. The van der Waals surface area contributed by atoms with Crippen LogP contribution in [0.5, 0.6) is 0 Å². The van der Waals surface area contributed by atoms with Crippen molar-refractivity contribution in [3.8, 4) is 0 Å². The van der Waals surface area contributed by atoms with E-state index in [1.54, 1.807) is 0 Å². The minimum absolute atomic E-state index is 0.0649. The fraction of sp³-hybridized carbons (Fsp3) is 0.636. The summed E-state index contributed by atoms with van der Waals surface area (Å²) in [7, 11) is 0. The van der Waals surface area contributed by atoms with Gasteiger partial charge in [-0.1, -0.05) is 25.2 Å². The molecule has 0 radical (unpaired) electrons. The highest BCUT2D eigenvalue weighted by Gasteiger charge is 2.17. The first-order valence-corrected chi connectivity index (χ1v) is 7.27. The lowest BCUT2D eigenvalue weighted by Crippen LogP contribution is -2.33. The molecule has 4 nitrogen and oxygen atoms in total. The molecule has 0 saturated carbocycles. The molecule has 3 N–H and O–H groups in total. The summed E-state index contributed by atoms with van der Waals surface area (Å²) in [6, 6.07) is 0. The first-order chi connectivity index (χ1) is 7.90.